The minimum Gasteiger partial charge on any atom is -0.229 e. The summed E-state index contributed by atoms with van der Waals surface area (Å²) in [5.74, 6) is -0.232. The van der Waals surface area contributed by atoms with Crippen LogP contribution in [0.5, 0.6) is 0 Å². The van der Waals surface area contributed by atoms with Gasteiger partial charge in [0.1, 0.15) is 5.82 Å². The van der Waals surface area contributed by atoms with E-state index in [0.29, 0.717) is 6.54 Å². The first-order chi connectivity index (χ1) is 4.83. The molecule has 1 rings (SSSR count). The number of rotatable bonds is 2. The largest absolute Gasteiger partial charge is 0.229 e. The molecule has 1 nitrogen and oxygen atoms in total. The molecule has 0 bridgehead atoms. The summed E-state index contributed by atoms with van der Waals surface area (Å²) < 4.78 is 12.4. The van der Waals surface area contributed by atoms with Gasteiger partial charge in [-0.25, -0.2) is 9.23 Å². The molecule has 0 aliphatic heterocycles. The van der Waals surface area contributed by atoms with Crippen molar-refractivity contribution in [3.63, 3.8) is 0 Å². The standard InChI is InChI=1S/C7H7ClFN/c8-10-5-6-2-1-3-7(9)4-6/h1-4,10H,5H2. The highest BCUT2D eigenvalue weighted by Crippen LogP contribution is 2.02. The molecule has 0 unspecified atom stereocenters. The average molecular weight is 160 g/mol. The van der Waals surface area contributed by atoms with Crippen LogP contribution in [0.1, 0.15) is 5.56 Å². The van der Waals surface area contributed by atoms with E-state index in [2.05, 4.69) is 4.84 Å². The Bertz CT molecular complexity index is 215. The second-order valence-electron chi connectivity index (χ2n) is 1.94. The summed E-state index contributed by atoms with van der Waals surface area (Å²) in [6.07, 6.45) is 0. The Kier molecular flexibility index (Phi) is 2.66. The third kappa shape index (κ3) is 1.97. The summed E-state index contributed by atoms with van der Waals surface area (Å²) in [7, 11) is 0. The van der Waals surface area contributed by atoms with E-state index >= 15 is 0 Å². The van der Waals surface area contributed by atoms with E-state index in [9.17, 15) is 4.39 Å². The summed E-state index contributed by atoms with van der Waals surface area (Å²) in [5, 5.41) is 0. The van der Waals surface area contributed by atoms with Crippen molar-refractivity contribution in [3.05, 3.63) is 35.6 Å². The highest BCUT2D eigenvalue weighted by atomic mass is 35.5. The summed E-state index contributed by atoms with van der Waals surface area (Å²) in [4.78, 5) is 2.42. The minimum absolute atomic E-state index is 0.232. The second kappa shape index (κ2) is 3.54. The van der Waals surface area contributed by atoms with Crippen LogP contribution in [0.25, 0.3) is 0 Å². The Morgan fingerprint density at radius 3 is 2.90 bits per heavy atom. The van der Waals surface area contributed by atoms with Crippen LogP contribution in [-0.4, -0.2) is 0 Å². The van der Waals surface area contributed by atoms with Crippen molar-refractivity contribution >= 4 is 11.8 Å². The molecule has 0 fully saturated rings. The molecule has 0 atom stereocenters. The van der Waals surface area contributed by atoms with Crippen molar-refractivity contribution in [1.82, 2.24) is 4.84 Å². The van der Waals surface area contributed by atoms with Gasteiger partial charge in [0.15, 0.2) is 0 Å². The molecule has 3 heteroatoms. The van der Waals surface area contributed by atoms with Crippen molar-refractivity contribution in [2.24, 2.45) is 0 Å². The van der Waals surface area contributed by atoms with Crippen molar-refractivity contribution in [2.45, 2.75) is 6.54 Å². The first kappa shape index (κ1) is 7.51. The van der Waals surface area contributed by atoms with Gasteiger partial charge in [0.25, 0.3) is 0 Å². The fourth-order valence-corrected chi connectivity index (χ4v) is 0.878. The zero-order chi connectivity index (χ0) is 7.40. The Hall–Kier alpha value is -0.600. The molecule has 0 heterocycles. The van der Waals surface area contributed by atoms with Gasteiger partial charge in [-0.2, -0.15) is 0 Å². The quantitative estimate of drug-likeness (QED) is 0.652. The van der Waals surface area contributed by atoms with E-state index in [1.165, 1.54) is 12.1 Å². The maximum absolute atomic E-state index is 12.4. The Labute approximate surface area is 63.9 Å². The predicted octanol–water partition coefficient (Wildman–Crippen LogP) is 2.07. The van der Waals surface area contributed by atoms with Crippen LogP contribution in [0.2, 0.25) is 0 Å². The van der Waals surface area contributed by atoms with Crippen LogP contribution in [0, 0.1) is 5.82 Å². The zero-order valence-corrected chi connectivity index (χ0v) is 6.03. The van der Waals surface area contributed by atoms with Crippen LogP contribution in [0.3, 0.4) is 0 Å². The van der Waals surface area contributed by atoms with Crippen LogP contribution in [0.4, 0.5) is 4.39 Å². The topological polar surface area (TPSA) is 12.0 Å². The van der Waals surface area contributed by atoms with Gasteiger partial charge in [-0.1, -0.05) is 12.1 Å². The monoisotopic (exact) mass is 159 g/mol. The Balaban J connectivity index is 2.75. The molecular weight excluding hydrogens is 153 g/mol. The van der Waals surface area contributed by atoms with Gasteiger partial charge in [0.05, 0.1) is 0 Å². The predicted molar refractivity (Wildman–Crippen MR) is 39.1 cm³/mol. The fourth-order valence-electron chi connectivity index (χ4n) is 0.724. The lowest BCUT2D eigenvalue weighted by atomic mass is 10.2. The number of halogens is 2. The van der Waals surface area contributed by atoms with Gasteiger partial charge >= 0.3 is 0 Å². The molecule has 0 saturated carbocycles. The zero-order valence-electron chi connectivity index (χ0n) is 5.27. The number of nitrogens with one attached hydrogen (secondary N) is 1. The molecule has 1 aromatic carbocycles. The van der Waals surface area contributed by atoms with Gasteiger partial charge in [-0.15, -0.1) is 0 Å². The van der Waals surface area contributed by atoms with Crippen LogP contribution in [-0.2, 0) is 6.54 Å². The smallest absolute Gasteiger partial charge is 0.123 e. The van der Waals surface area contributed by atoms with Crippen LogP contribution in [0.15, 0.2) is 24.3 Å². The molecule has 0 aliphatic rings. The summed E-state index contributed by atoms with van der Waals surface area (Å²) >= 11 is 5.22. The highest BCUT2D eigenvalue weighted by Gasteiger charge is 1.91. The second-order valence-corrected chi connectivity index (χ2v) is 2.21. The van der Waals surface area contributed by atoms with Gasteiger partial charge in [0.2, 0.25) is 0 Å². The molecule has 0 saturated heterocycles. The third-order valence-electron chi connectivity index (χ3n) is 1.16. The van der Waals surface area contributed by atoms with Crippen molar-refractivity contribution in [3.8, 4) is 0 Å². The summed E-state index contributed by atoms with van der Waals surface area (Å²) in [6, 6.07) is 6.30. The molecule has 0 aliphatic carbocycles. The number of benzene rings is 1. The van der Waals surface area contributed by atoms with E-state index in [-0.39, 0.29) is 5.82 Å². The molecule has 1 aromatic rings. The van der Waals surface area contributed by atoms with Gasteiger partial charge < -0.3 is 0 Å². The fraction of sp³-hybridized carbons (Fsp3) is 0.143. The van der Waals surface area contributed by atoms with Gasteiger partial charge in [-0.3, -0.25) is 0 Å². The SMILES string of the molecule is Fc1cccc(CNCl)c1. The van der Waals surface area contributed by atoms with E-state index in [4.69, 9.17) is 11.8 Å². The van der Waals surface area contributed by atoms with Crippen LogP contribution < -0.4 is 4.84 Å². The van der Waals surface area contributed by atoms with Gasteiger partial charge in [-0.05, 0) is 29.5 Å². The third-order valence-corrected chi connectivity index (χ3v) is 1.29. The first-order valence-electron chi connectivity index (χ1n) is 2.91. The summed E-state index contributed by atoms with van der Waals surface area (Å²) in [6.45, 7) is 0.485. The van der Waals surface area contributed by atoms with Crippen LogP contribution >= 0.6 is 11.8 Å². The number of hydrogen-bond donors (Lipinski definition) is 1. The molecule has 0 spiro atoms. The maximum Gasteiger partial charge on any atom is 0.123 e. The van der Waals surface area contributed by atoms with Crippen molar-refractivity contribution < 1.29 is 4.39 Å². The van der Waals surface area contributed by atoms with E-state index < -0.39 is 0 Å². The minimum atomic E-state index is -0.232. The van der Waals surface area contributed by atoms with E-state index in [1.54, 1.807) is 12.1 Å². The van der Waals surface area contributed by atoms with Gasteiger partial charge in [0, 0.05) is 6.54 Å². The molecular formula is C7H7ClFN. The lowest BCUT2D eigenvalue weighted by Crippen LogP contribution is -1.97. The molecule has 0 radical (unpaired) electrons. The lowest BCUT2D eigenvalue weighted by Gasteiger charge is -1.96. The van der Waals surface area contributed by atoms with E-state index in [0.717, 1.165) is 5.56 Å². The Morgan fingerprint density at radius 2 is 2.30 bits per heavy atom. The lowest BCUT2D eigenvalue weighted by molar-refractivity contribution is 0.625. The Morgan fingerprint density at radius 1 is 1.50 bits per heavy atom. The van der Waals surface area contributed by atoms with E-state index in [1.807, 2.05) is 0 Å². The van der Waals surface area contributed by atoms with Crippen molar-refractivity contribution in [2.75, 3.05) is 0 Å². The molecule has 10 heavy (non-hydrogen) atoms. The molecule has 54 valence electrons. The number of hydrogen-bond acceptors (Lipinski definition) is 1. The molecule has 0 amide bonds. The average Bonchev–Trinajstić information content (AvgIpc) is 1.88. The maximum atomic E-state index is 12.4. The first-order valence-corrected chi connectivity index (χ1v) is 3.28. The molecule has 0 aromatic heterocycles. The highest BCUT2D eigenvalue weighted by molar-refractivity contribution is 6.13. The summed E-state index contributed by atoms with van der Waals surface area (Å²) in [5.41, 5.74) is 0.843. The molecule has 1 N–H and O–H groups in total. The normalized spacial score (nSPS) is 9.80. The van der Waals surface area contributed by atoms with Crippen molar-refractivity contribution in [1.29, 1.82) is 0 Å².